The summed E-state index contributed by atoms with van der Waals surface area (Å²) in [6, 6.07) is 8.02. The van der Waals surface area contributed by atoms with Gasteiger partial charge >= 0.3 is 0 Å². The number of benzene rings is 1. The molecule has 2 aliphatic rings. The second-order valence-corrected chi connectivity index (χ2v) is 4.19. The minimum Gasteiger partial charge on any atom is -0.497 e. The molecule has 0 radical (unpaired) electrons. The van der Waals surface area contributed by atoms with Crippen LogP contribution in [0.15, 0.2) is 24.3 Å². The maximum atomic E-state index is 11.3. The summed E-state index contributed by atoms with van der Waals surface area (Å²) in [5, 5.41) is 2.94. The van der Waals surface area contributed by atoms with Crippen LogP contribution in [0.4, 0.5) is 0 Å². The van der Waals surface area contributed by atoms with Gasteiger partial charge in [-0.05, 0) is 24.1 Å². The number of nitrogens with one attached hydrogen (secondary N) is 1. The van der Waals surface area contributed by atoms with Crippen LogP contribution in [0, 0.1) is 0 Å². The molecule has 2 heterocycles. The monoisotopic (exact) mass is 219 g/mol. The molecule has 1 aromatic carbocycles. The van der Waals surface area contributed by atoms with E-state index in [2.05, 4.69) is 5.32 Å². The van der Waals surface area contributed by atoms with Crippen molar-refractivity contribution >= 4 is 5.91 Å². The van der Waals surface area contributed by atoms with E-state index >= 15 is 0 Å². The van der Waals surface area contributed by atoms with E-state index in [1.807, 2.05) is 24.3 Å². The molecule has 16 heavy (non-hydrogen) atoms. The van der Waals surface area contributed by atoms with Gasteiger partial charge < -0.3 is 14.8 Å². The number of amides is 1. The first-order valence-corrected chi connectivity index (χ1v) is 5.37. The number of hydrogen-bond donors (Lipinski definition) is 1. The Hall–Kier alpha value is -1.55. The fourth-order valence-corrected chi connectivity index (χ4v) is 2.17. The third-order valence-electron chi connectivity index (χ3n) is 3.12. The van der Waals surface area contributed by atoms with Crippen LogP contribution in [0.5, 0.6) is 5.75 Å². The molecule has 0 bridgehead atoms. The van der Waals surface area contributed by atoms with Gasteiger partial charge in [0.1, 0.15) is 11.9 Å². The van der Waals surface area contributed by atoms with Gasteiger partial charge in [-0.2, -0.15) is 0 Å². The summed E-state index contributed by atoms with van der Waals surface area (Å²) in [6.45, 7) is 0. The third-order valence-corrected chi connectivity index (χ3v) is 3.12. The first kappa shape index (κ1) is 9.66. The lowest BCUT2D eigenvalue weighted by Gasteiger charge is -2.12. The molecule has 2 unspecified atom stereocenters. The summed E-state index contributed by atoms with van der Waals surface area (Å²) in [4.78, 5) is 11.3. The lowest BCUT2D eigenvalue weighted by molar-refractivity contribution is -0.122. The van der Waals surface area contributed by atoms with Crippen molar-refractivity contribution in [1.29, 1.82) is 0 Å². The van der Waals surface area contributed by atoms with Crippen LogP contribution in [-0.4, -0.2) is 31.3 Å². The fourth-order valence-electron chi connectivity index (χ4n) is 2.17. The van der Waals surface area contributed by atoms with Crippen molar-refractivity contribution in [2.24, 2.45) is 0 Å². The van der Waals surface area contributed by atoms with Crippen LogP contribution in [0.3, 0.4) is 0 Å². The molecule has 0 aromatic heterocycles. The number of ether oxygens (including phenoxy) is 2. The van der Waals surface area contributed by atoms with Crippen molar-refractivity contribution in [3.8, 4) is 5.75 Å². The van der Waals surface area contributed by atoms with E-state index in [0.29, 0.717) is 0 Å². The van der Waals surface area contributed by atoms with E-state index in [9.17, 15) is 4.79 Å². The SMILES string of the molecule is COc1ccc(C[C@H]2NC(=O)C3OC32)cc1. The maximum Gasteiger partial charge on any atom is 0.252 e. The molecular weight excluding hydrogens is 206 g/mol. The van der Waals surface area contributed by atoms with Crippen molar-refractivity contribution < 1.29 is 14.3 Å². The highest BCUT2D eigenvalue weighted by Gasteiger charge is 2.56. The quantitative estimate of drug-likeness (QED) is 0.753. The second kappa shape index (κ2) is 3.49. The smallest absolute Gasteiger partial charge is 0.252 e. The Morgan fingerprint density at radius 1 is 1.38 bits per heavy atom. The summed E-state index contributed by atoms with van der Waals surface area (Å²) in [6.07, 6.45) is 0.731. The number of fused-ring (bicyclic) bond motifs is 1. The molecule has 1 N–H and O–H groups in total. The fraction of sp³-hybridized carbons (Fsp3) is 0.417. The molecule has 0 aliphatic carbocycles. The largest absolute Gasteiger partial charge is 0.497 e. The third kappa shape index (κ3) is 1.55. The van der Waals surface area contributed by atoms with Gasteiger partial charge in [-0.3, -0.25) is 4.79 Å². The van der Waals surface area contributed by atoms with Gasteiger partial charge in [0.05, 0.1) is 13.2 Å². The zero-order valence-electron chi connectivity index (χ0n) is 8.97. The predicted molar refractivity (Wildman–Crippen MR) is 57.3 cm³/mol. The Kier molecular flexibility index (Phi) is 2.11. The average molecular weight is 219 g/mol. The minimum absolute atomic E-state index is 0.0310. The van der Waals surface area contributed by atoms with E-state index in [0.717, 1.165) is 12.2 Å². The van der Waals surface area contributed by atoms with Crippen LogP contribution in [0.1, 0.15) is 5.56 Å². The van der Waals surface area contributed by atoms with E-state index in [-0.39, 0.29) is 24.2 Å². The van der Waals surface area contributed by atoms with Gasteiger partial charge in [-0.1, -0.05) is 12.1 Å². The Morgan fingerprint density at radius 3 is 2.62 bits per heavy atom. The highest BCUT2D eigenvalue weighted by Crippen LogP contribution is 2.32. The average Bonchev–Trinajstić information content (AvgIpc) is 3.04. The van der Waals surface area contributed by atoms with E-state index in [1.54, 1.807) is 7.11 Å². The van der Waals surface area contributed by atoms with Gasteiger partial charge in [-0.25, -0.2) is 0 Å². The van der Waals surface area contributed by atoms with E-state index in [4.69, 9.17) is 9.47 Å². The van der Waals surface area contributed by atoms with Crippen LogP contribution in [-0.2, 0) is 16.0 Å². The van der Waals surface area contributed by atoms with Crippen molar-refractivity contribution in [3.05, 3.63) is 29.8 Å². The van der Waals surface area contributed by atoms with Crippen molar-refractivity contribution in [2.75, 3.05) is 7.11 Å². The maximum absolute atomic E-state index is 11.3. The number of carbonyl (C=O) groups excluding carboxylic acids is 1. The Morgan fingerprint density at radius 2 is 2.12 bits per heavy atom. The number of methoxy groups -OCH3 is 1. The standard InChI is InChI=1S/C12H13NO3/c1-15-8-4-2-7(3-5-8)6-9-10-11(16-10)12(14)13-9/h2-5,9-11H,6H2,1H3,(H,13,14)/t9-,10?,11?/m1/s1. The van der Waals surface area contributed by atoms with Gasteiger partial charge in [0, 0.05) is 0 Å². The highest BCUT2D eigenvalue weighted by molar-refractivity contribution is 5.87. The summed E-state index contributed by atoms with van der Waals surface area (Å²) in [5.74, 6) is 0.878. The number of morpholine rings is 1. The van der Waals surface area contributed by atoms with Gasteiger partial charge in [-0.15, -0.1) is 0 Å². The lowest BCUT2D eigenvalue weighted by atomic mass is 10.0. The summed E-state index contributed by atoms with van der Waals surface area (Å²) in [7, 11) is 1.65. The first-order chi connectivity index (χ1) is 7.78. The molecule has 4 nitrogen and oxygen atoms in total. The minimum atomic E-state index is -0.178. The first-order valence-electron chi connectivity index (χ1n) is 5.37. The molecule has 2 saturated heterocycles. The second-order valence-electron chi connectivity index (χ2n) is 4.19. The molecule has 3 atom stereocenters. The van der Waals surface area contributed by atoms with Gasteiger partial charge in [0.2, 0.25) is 0 Å². The number of carbonyl (C=O) groups is 1. The summed E-state index contributed by atoms with van der Waals surface area (Å²) in [5.41, 5.74) is 1.18. The molecule has 4 heteroatoms. The van der Waals surface area contributed by atoms with E-state index in [1.165, 1.54) is 5.56 Å². The number of epoxide rings is 1. The summed E-state index contributed by atoms with van der Waals surface area (Å²) < 4.78 is 10.3. The Labute approximate surface area is 93.5 Å². The van der Waals surface area contributed by atoms with Gasteiger partial charge in [0.15, 0.2) is 6.10 Å². The van der Waals surface area contributed by atoms with Gasteiger partial charge in [0.25, 0.3) is 5.91 Å². The van der Waals surface area contributed by atoms with Crippen molar-refractivity contribution in [3.63, 3.8) is 0 Å². The van der Waals surface area contributed by atoms with Crippen molar-refractivity contribution in [2.45, 2.75) is 24.7 Å². The predicted octanol–water partition coefficient (Wildman–Crippen LogP) is 0.503. The number of rotatable bonds is 3. The van der Waals surface area contributed by atoms with E-state index < -0.39 is 0 Å². The van der Waals surface area contributed by atoms with Crippen LogP contribution < -0.4 is 10.1 Å². The zero-order valence-corrected chi connectivity index (χ0v) is 8.97. The Balaban J connectivity index is 1.68. The molecule has 2 fully saturated rings. The normalized spacial score (nSPS) is 30.8. The summed E-state index contributed by atoms with van der Waals surface area (Å²) >= 11 is 0. The van der Waals surface area contributed by atoms with Crippen LogP contribution >= 0.6 is 0 Å². The topological polar surface area (TPSA) is 50.9 Å². The molecule has 0 saturated carbocycles. The highest BCUT2D eigenvalue weighted by atomic mass is 16.6. The molecule has 0 spiro atoms. The lowest BCUT2D eigenvalue weighted by Crippen LogP contribution is -2.34. The Bertz CT molecular complexity index is 415. The molecule has 2 aliphatic heterocycles. The molecule has 1 amide bonds. The molecule has 3 rings (SSSR count). The van der Waals surface area contributed by atoms with Crippen molar-refractivity contribution in [1.82, 2.24) is 5.32 Å². The molecular formula is C12H13NO3. The molecule has 84 valence electrons. The zero-order chi connectivity index (χ0) is 11.1. The van der Waals surface area contributed by atoms with Crippen LogP contribution in [0.2, 0.25) is 0 Å². The van der Waals surface area contributed by atoms with Crippen LogP contribution in [0.25, 0.3) is 0 Å². The number of hydrogen-bond acceptors (Lipinski definition) is 3. The molecule has 1 aromatic rings.